The second-order valence-electron chi connectivity index (χ2n) is 10.6. The summed E-state index contributed by atoms with van der Waals surface area (Å²) in [6.07, 6.45) is 0.402. The molecule has 3 amide bonds. The van der Waals surface area contributed by atoms with Gasteiger partial charge < -0.3 is 4.90 Å². The second-order valence-corrected chi connectivity index (χ2v) is 12.4. The van der Waals surface area contributed by atoms with Gasteiger partial charge in [-0.15, -0.1) is 0 Å². The van der Waals surface area contributed by atoms with Gasteiger partial charge in [-0.3, -0.25) is 19.3 Å². The lowest BCUT2D eigenvalue weighted by atomic mass is 9.85. The zero-order chi connectivity index (χ0) is 26.4. The Morgan fingerprint density at radius 2 is 1.33 bits per heavy atom. The molecule has 0 saturated carbocycles. The molecule has 9 heteroatoms. The summed E-state index contributed by atoms with van der Waals surface area (Å²) >= 11 is 0. The number of carbonyl (C=O) groups is 3. The van der Waals surface area contributed by atoms with Gasteiger partial charge in [0.25, 0.3) is 5.91 Å². The fourth-order valence-corrected chi connectivity index (χ4v) is 6.68. The van der Waals surface area contributed by atoms with Crippen LogP contribution in [0.15, 0.2) is 41.3 Å². The first-order chi connectivity index (χ1) is 16.8. The van der Waals surface area contributed by atoms with E-state index in [4.69, 9.17) is 0 Å². The van der Waals surface area contributed by atoms with E-state index in [-0.39, 0.29) is 62.2 Å². The van der Waals surface area contributed by atoms with Gasteiger partial charge in [0.2, 0.25) is 21.8 Å². The minimum atomic E-state index is -3.70. The average molecular weight is 512 g/mol. The molecule has 0 unspecified atom stereocenters. The van der Waals surface area contributed by atoms with Gasteiger partial charge in [0, 0.05) is 44.6 Å². The number of nitrogens with zero attached hydrogens (tertiary/aromatic N) is 3. The number of amides is 3. The Morgan fingerprint density at radius 1 is 0.833 bits per heavy atom. The molecule has 2 heterocycles. The van der Waals surface area contributed by atoms with E-state index in [9.17, 15) is 22.8 Å². The molecule has 2 aromatic carbocycles. The maximum Gasteiger partial charge on any atom is 0.253 e. The summed E-state index contributed by atoms with van der Waals surface area (Å²) in [7, 11) is -3.70. The van der Waals surface area contributed by atoms with E-state index >= 15 is 0 Å². The summed E-state index contributed by atoms with van der Waals surface area (Å²) < 4.78 is 28.5. The zero-order valence-corrected chi connectivity index (χ0v) is 22.3. The number of hydrogen-bond donors (Lipinski definition) is 0. The first-order valence-electron chi connectivity index (χ1n) is 12.2. The Kier molecular flexibility index (Phi) is 6.83. The molecule has 0 radical (unpaired) electrons. The molecule has 0 N–H and O–H groups in total. The molecule has 4 rings (SSSR count). The number of rotatable bonds is 4. The first-order valence-corrected chi connectivity index (χ1v) is 13.6. The van der Waals surface area contributed by atoms with E-state index < -0.39 is 10.0 Å². The molecule has 36 heavy (non-hydrogen) atoms. The molecule has 192 valence electrons. The third-order valence-corrected chi connectivity index (χ3v) is 9.08. The smallest absolute Gasteiger partial charge is 0.253 e. The molecule has 0 aliphatic carbocycles. The highest BCUT2D eigenvalue weighted by Gasteiger charge is 2.34. The SMILES string of the molecule is Cc1cc(C(C)(C)C)cc(C)c1S(=O)(=O)N1CCN(C(=O)c2ccc(N3C(=O)CCC3=O)cc2)CC1. The van der Waals surface area contributed by atoms with Gasteiger partial charge in [-0.25, -0.2) is 8.42 Å². The molecule has 0 spiro atoms. The van der Waals surface area contributed by atoms with Crippen molar-refractivity contribution >= 4 is 33.4 Å². The summed E-state index contributed by atoms with van der Waals surface area (Å²) in [4.78, 5) is 40.1. The molecule has 2 aromatic rings. The standard InChI is InChI=1S/C27H33N3O5S/c1-18-16-21(27(3,4)5)17-19(2)25(18)36(34,35)29-14-12-28(13-15-29)26(33)20-6-8-22(9-7-20)30-23(31)10-11-24(30)32/h6-9,16-17H,10-15H2,1-5H3. The molecular formula is C27H33N3O5S. The second kappa shape index (κ2) is 9.44. The normalized spacial score (nSPS) is 17.7. The van der Waals surface area contributed by atoms with Gasteiger partial charge >= 0.3 is 0 Å². The number of sulfonamides is 1. The largest absolute Gasteiger partial charge is 0.336 e. The lowest BCUT2D eigenvalue weighted by molar-refractivity contribution is -0.121. The lowest BCUT2D eigenvalue weighted by Gasteiger charge is -2.35. The third kappa shape index (κ3) is 4.82. The summed E-state index contributed by atoms with van der Waals surface area (Å²) in [5.41, 5.74) is 3.36. The number of imide groups is 1. The van der Waals surface area contributed by atoms with Crippen molar-refractivity contribution in [1.29, 1.82) is 0 Å². The number of anilines is 1. The van der Waals surface area contributed by atoms with Crippen LogP contribution in [0.5, 0.6) is 0 Å². The number of benzene rings is 2. The van der Waals surface area contributed by atoms with Gasteiger partial charge in [-0.1, -0.05) is 32.9 Å². The fourth-order valence-electron chi connectivity index (χ4n) is 4.85. The highest BCUT2D eigenvalue weighted by Crippen LogP contribution is 2.31. The van der Waals surface area contributed by atoms with Gasteiger partial charge in [-0.05, 0) is 60.2 Å². The van der Waals surface area contributed by atoms with E-state index in [0.717, 1.165) is 21.6 Å². The van der Waals surface area contributed by atoms with Crippen molar-refractivity contribution < 1.29 is 22.8 Å². The highest BCUT2D eigenvalue weighted by molar-refractivity contribution is 7.89. The van der Waals surface area contributed by atoms with Crippen molar-refractivity contribution in [2.45, 2.75) is 57.8 Å². The summed E-state index contributed by atoms with van der Waals surface area (Å²) in [5, 5.41) is 0. The monoisotopic (exact) mass is 511 g/mol. The Labute approximate surface area is 212 Å². The van der Waals surface area contributed by atoms with Crippen molar-refractivity contribution in [3.63, 3.8) is 0 Å². The molecule has 2 fully saturated rings. The Balaban J connectivity index is 1.45. The topological polar surface area (TPSA) is 95.1 Å². The zero-order valence-electron chi connectivity index (χ0n) is 21.5. The predicted octanol–water partition coefficient (Wildman–Crippen LogP) is 3.40. The van der Waals surface area contributed by atoms with Gasteiger partial charge in [0.05, 0.1) is 10.6 Å². The van der Waals surface area contributed by atoms with E-state index in [2.05, 4.69) is 20.8 Å². The van der Waals surface area contributed by atoms with E-state index in [1.54, 1.807) is 29.2 Å². The summed E-state index contributed by atoms with van der Waals surface area (Å²) in [6.45, 7) is 11.0. The van der Waals surface area contributed by atoms with Gasteiger partial charge in [0.15, 0.2) is 0 Å². The van der Waals surface area contributed by atoms with Crippen LogP contribution in [0.4, 0.5) is 5.69 Å². The number of carbonyl (C=O) groups excluding carboxylic acids is 3. The molecule has 0 aromatic heterocycles. The Hall–Kier alpha value is -3.04. The summed E-state index contributed by atoms with van der Waals surface area (Å²) in [6, 6.07) is 10.3. The first kappa shape index (κ1) is 26.0. The molecule has 2 aliphatic rings. The summed E-state index contributed by atoms with van der Waals surface area (Å²) in [5.74, 6) is -0.690. The van der Waals surface area contributed by atoms with Crippen LogP contribution in [-0.4, -0.2) is 61.5 Å². The van der Waals surface area contributed by atoms with Crippen LogP contribution in [-0.2, 0) is 25.0 Å². The van der Waals surface area contributed by atoms with Crippen molar-refractivity contribution in [1.82, 2.24) is 9.21 Å². The van der Waals surface area contributed by atoms with Crippen LogP contribution >= 0.6 is 0 Å². The van der Waals surface area contributed by atoms with Crippen molar-refractivity contribution in [3.05, 3.63) is 58.7 Å². The van der Waals surface area contributed by atoms with Crippen LogP contribution in [0.25, 0.3) is 0 Å². The molecule has 0 atom stereocenters. The number of hydrogen-bond acceptors (Lipinski definition) is 5. The molecule has 2 aliphatic heterocycles. The van der Waals surface area contributed by atoms with Crippen LogP contribution in [0.3, 0.4) is 0 Å². The molecule has 0 bridgehead atoms. The minimum absolute atomic E-state index is 0.0818. The quantitative estimate of drug-likeness (QED) is 0.587. The molecule has 2 saturated heterocycles. The van der Waals surface area contributed by atoms with E-state index in [0.29, 0.717) is 16.1 Å². The van der Waals surface area contributed by atoms with Crippen LogP contribution in [0.1, 0.15) is 60.7 Å². The Morgan fingerprint density at radius 3 is 1.81 bits per heavy atom. The maximum atomic E-state index is 13.5. The van der Waals surface area contributed by atoms with Crippen molar-refractivity contribution in [2.24, 2.45) is 0 Å². The fraction of sp³-hybridized carbons (Fsp3) is 0.444. The van der Waals surface area contributed by atoms with Crippen LogP contribution < -0.4 is 4.90 Å². The minimum Gasteiger partial charge on any atom is -0.336 e. The Bertz CT molecular complexity index is 1280. The molecule has 8 nitrogen and oxygen atoms in total. The van der Waals surface area contributed by atoms with Crippen LogP contribution in [0, 0.1) is 13.8 Å². The third-order valence-electron chi connectivity index (χ3n) is 6.87. The lowest BCUT2D eigenvalue weighted by Crippen LogP contribution is -2.50. The van der Waals surface area contributed by atoms with Crippen molar-refractivity contribution in [2.75, 3.05) is 31.1 Å². The number of aryl methyl sites for hydroxylation is 2. The van der Waals surface area contributed by atoms with E-state index in [1.165, 1.54) is 4.31 Å². The molecular weight excluding hydrogens is 478 g/mol. The average Bonchev–Trinajstić information content (AvgIpc) is 3.15. The number of piperazine rings is 1. The van der Waals surface area contributed by atoms with Gasteiger partial charge in [-0.2, -0.15) is 4.31 Å². The predicted molar refractivity (Wildman–Crippen MR) is 137 cm³/mol. The van der Waals surface area contributed by atoms with Crippen molar-refractivity contribution in [3.8, 4) is 0 Å². The van der Waals surface area contributed by atoms with E-state index in [1.807, 2.05) is 26.0 Å². The highest BCUT2D eigenvalue weighted by atomic mass is 32.2. The maximum absolute atomic E-state index is 13.5. The van der Waals surface area contributed by atoms with Gasteiger partial charge in [0.1, 0.15) is 0 Å². The van der Waals surface area contributed by atoms with Crippen LogP contribution in [0.2, 0.25) is 0 Å².